The number of carbonyl (C=O) groups is 1. The Bertz CT molecular complexity index is 403. The fourth-order valence-electron chi connectivity index (χ4n) is 3.38. The molecule has 0 aromatic heterocycles. The monoisotopic (exact) mass is 477 g/mol. The van der Waals surface area contributed by atoms with Crippen molar-refractivity contribution in [2.24, 2.45) is 0 Å². The zero-order chi connectivity index (χ0) is 23.2. The standard InChI is InChI=1S/C25H51NO3S2/c1-6-7-8-9-10-11-12-13-14-15-16-17-18-19-20-31-22-23(21-28-30-5)26-24(27)29-25(2,3)4/h23H,6-22H2,1-5H3,(H,26,27). The van der Waals surface area contributed by atoms with Crippen LogP contribution in [0.4, 0.5) is 4.79 Å². The van der Waals surface area contributed by atoms with Crippen LogP contribution in [0, 0.1) is 0 Å². The number of nitrogens with one attached hydrogen (secondary N) is 1. The Balaban J connectivity index is 3.57. The number of hydrogen-bond donors (Lipinski definition) is 1. The highest BCUT2D eigenvalue weighted by Gasteiger charge is 2.19. The lowest BCUT2D eigenvalue weighted by Crippen LogP contribution is -2.42. The Morgan fingerprint density at radius 2 is 1.32 bits per heavy atom. The Hall–Kier alpha value is -0.0700. The summed E-state index contributed by atoms with van der Waals surface area (Å²) in [5.74, 6) is 2.00. The van der Waals surface area contributed by atoms with Gasteiger partial charge in [0.05, 0.1) is 12.6 Å². The molecule has 0 saturated heterocycles. The fraction of sp³-hybridized carbons (Fsp3) is 0.960. The molecule has 0 aliphatic carbocycles. The summed E-state index contributed by atoms with van der Waals surface area (Å²) in [4.78, 5) is 12.0. The largest absolute Gasteiger partial charge is 0.444 e. The molecule has 0 radical (unpaired) electrons. The molecule has 0 aliphatic heterocycles. The van der Waals surface area contributed by atoms with Gasteiger partial charge in [0.15, 0.2) is 0 Å². The topological polar surface area (TPSA) is 47.6 Å². The van der Waals surface area contributed by atoms with Gasteiger partial charge in [-0.3, -0.25) is 0 Å². The van der Waals surface area contributed by atoms with Gasteiger partial charge in [0.2, 0.25) is 0 Å². The third-order valence-electron chi connectivity index (χ3n) is 5.07. The van der Waals surface area contributed by atoms with Crippen molar-refractivity contribution in [2.75, 3.05) is 24.4 Å². The number of thioether (sulfide) groups is 1. The summed E-state index contributed by atoms with van der Waals surface area (Å²) in [7, 11) is 0. The average Bonchev–Trinajstić information content (AvgIpc) is 2.70. The van der Waals surface area contributed by atoms with Crippen LogP contribution >= 0.6 is 23.8 Å². The average molecular weight is 478 g/mol. The first-order chi connectivity index (χ1) is 14.9. The predicted octanol–water partition coefficient (Wildman–Crippen LogP) is 8.39. The molecule has 0 aromatic rings. The Labute approximate surface area is 202 Å². The minimum Gasteiger partial charge on any atom is -0.444 e. The van der Waals surface area contributed by atoms with Gasteiger partial charge in [0.1, 0.15) is 5.60 Å². The Morgan fingerprint density at radius 3 is 1.77 bits per heavy atom. The quantitative estimate of drug-likeness (QED) is 0.133. The van der Waals surface area contributed by atoms with Crippen LogP contribution in [-0.4, -0.2) is 42.1 Å². The molecule has 31 heavy (non-hydrogen) atoms. The number of carbonyl (C=O) groups excluding carboxylic acids is 1. The van der Waals surface area contributed by atoms with E-state index >= 15 is 0 Å². The maximum Gasteiger partial charge on any atom is 0.407 e. The molecular formula is C25H51NO3S2. The second-order valence-corrected chi connectivity index (χ2v) is 11.2. The van der Waals surface area contributed by atoms with Gasteiger partial charge in [0.25, 0.3) is 0 Å². The SMILES string of the molecule is CCCCCCCCCCCCCCCCSCC(COSC)NC(=O)OC(C)(C)C. The van der Waals surface area contributed by atoms with Crippen LogP contribution in [0.3, 0.4) is 0 Å². The van der Waals surface area contributed by atoms with E-state index < -0.39 is 5.60 Å². The second kappa shape index (κ2) is 21.8. The van der Waals surface area contributed by atoms with E-state index in [1.807, 2.05) is 38.8 Å². The van der Waals surface area contributed by atoms with E-state index in [2.05, 4.69) is 12.2 Å². The van der Waals surface area contributed by atoms with Gasteiger partial charge in [-0.2, -0.15) is 11.8 Å². The summed E-state index contributed by atoms with van der Waals surface area (Å²) < 4.78 is 10.8. The smallest absolute Gasteiger partial charge is 0.407 e. The third kappa shape index (κ3) is 24.4. The Morgan fingerprint density at radius 1 is 0.839 bits per heavy atom. The number of amides is 1. The first-order valence-corrected chi connectivity index (χ1v) is 14.9. The summed E-state index contributed by atoms with van der Waals surface area (Å²) >= 11 is 3.23. The molecule has 1 unspecified atom stereocenters. The maximum absolute atomic E-state index is 12.0. The molecule has 0 saturated carbocycles. The second-order valence-electron chi connectivity index (χ2n) is 9.47. The van der Waals surface area contributed by atoms with Crippen molar-refractivity contribution in [3.63, 3.8) is 0 Å². The minimum absolute atomic E-state index is 0.0149. The van der Waals surface area contributed by atoms with Crippen molar-refractivity contribution in [1.82, 2.24) is 5.32 Å². The highest BCUT2D eigenvalue weighted by atomic mass is 32.2. The predicted molar refractivity (Wildman–Crippen MR) is 140 cm³/mol. The van der Waals surface area contributed by atoms with Crippen LogP contribution in [0.15, 0.2) is 0 Å². The summed E-state index contributed by atoms with van der Waals surface area (Å²) in [6.07, 6.45) is 21.0. The molecular weight excluding hydrogens is 426 g/mol. The highest BCUT2D eigenvalue weighted by molar-refractivity contribution is 7.99. The van der Waals surface area contributed by atoms with Gasteiger partial charge in [-0.05, 0) is 45.0 Å². The van der Waals surface area contributed by atoms with Crippen LogP contribution in [0.25, 0.3) is 0 Å². The van der Waals surface area contributed by atoms with E-state index in [-0.39, 0.29) is 12.1 Å². The van der Waals surface area contributed by atoms with Crippen LogP contribution in [0.1, 0.15) is 118 Å². The molecule has 0 aromatic carbocycles. The van der Waals surface area contributed by atoms with E-state index in [0.717, 1.165) is 11.5 Å². The zero-order valence-electron chi connectivity index (χ0n) is 21.1. The zero-order valence-corrected chi connectivity index (χ0v) is 22.8. The normalized spacial score (nSPS) is 12.7. The molecule has 1 N–H and O–H groups in total. The van der Waals surface area contributed by atoms with E-state index in [1.165, 1.54) is 102 Å². The van der Waals surface area contributed by atoms with Gasteiger partial charge in [-0.25, -0.2) is 4.79 Å². The lowest BCUT2D eigenvalue weighted by atomic mass is 10.0. The lowest BCUT2D eigenvalue weighted by Gasteiger charge is -2.23. The molecule has 0 fully saturated rings. The van der Waals surface area contributed by atoms with E-state index in [0.29, 0.717) is 6.61 Å². The van der Waals surface area contributed by atoms with E-state index in [4.69, 9.17) is 8.92 Å². The van der Waals surface area contributed by atoms with Crippen LogP contribution in [0.5, 0.6) is 0 Å². The summed E-state index contributed by atoms with van der Waals surface area (Å²) in [6.45, 7) is 8.43. The summed E-state index contributed by atoms with van der Waals surface area (Å²) in [6, 6.07) is -0.0149. The molecule has 0 rings (SSSR count). The van der Waals surface area contributed by atoms with Crippen molar-refractivity contribution >= 4 is 29.9 Å². The Kier molecular flexibility index (Phi) is 21.7. The maximum atomic E-state index is 12.0. The fourth-order valence-corrected chi connectivity index (χ4v) is 4.72. The minimum atomic E-state index is -0.476. The summed E-state index contributed by atoms with van der Waals surface area (Å²) in [5.41, 5.74) is -0.476. The third-order valence-corrected chi connectivity index (χ3v) is 6.66. The first kappa shape index (κ1) is 30.9. The number of rotatable bonds is 21. The summed E-state index contributed by atoms with van der Waals surface area (Å²) in [5, 5.41) is 2.94. The van der Waals surface area contributed by atoms with Crippen LogP contribution < -0.4 is 5.32 Å². The molecule has 1 atom stereocenters. The van der Waals surface area contributed by atoms with E-state index in [9.17, 15) is 4.79 Å². The molecule has 6 heteroatoms. The first-order valence-electron chi connectivity index (χ1n) is 12.6. The van der Waals surface area contributed by atoms with Crippen LogP contribution in [-0.2, 0) is 8.92 Å². The van der Waals surface area contributed by atoms with Crippen molar-refractivity contribution in [3.05, 3.63) is 0 Å². The molecule has 0 spiro atoms. The van der Waals surface area contributed by atoms with Crippen LogP contribution in [0.2, 0.25) is 0 Å². The number of alkyl carbamates (subject to hydrolysis) is 1. The van der Waals surface area contributed by atoms with Crippen molar-refractivity contribution in [1.29, 1.82) is 0 Å². The number of hydrogen-bond acceptors (Lipinski definition) is 5. The van der Waals surface area contributed by atoms with Crippen molar-refractivity contribution in [3.8, 4) is 0 Å². The van der Waals surface area contributed by atoms with E-state index in [1.54, 1.807) is 0 Å². The van der Waals surface area contributed by atoms with Gasteiger partial charge < -0.3 is 14.2 Å². The van der Waals surface area contributed by atoms with Gasteiger partial charge >= 0.3 is 6.09 Å². The molecule has 0 aliphatic rings. The van der Waals surface area contributed by atoms with Crippen molar-refractivity contribution in [2.45, 2.75) is 129 Å². The van der Waals surface area contributed by atoms with Gasteiger partial charge in [-0.15, -0.1) is 0 Å². The van der Waals surface area contributed by atoms with Gasteiger partial charge in [-0.1, -0.05) is 90.4 Å². The molecule has 1 amide bonds. The number of ether oxygens (including phenoxy) is 1. The lowest BCUT2D eigenvalue weighted by molar-refractivity contribution is 0.0498. The number of unbranched alkanes of at least 4 members (excludes halogenated alkanes) is 13. The highest BCUT2D eigenvalue weighted by Crippen LogP contribution is 2.15. The van der Waals surface area contributed by atoms with Gasteiger partial charge in [0, 0.05) is 12.0 Å². The molecule has 186 valence electrons. The molecule has 0 heterocycles. The van der Waals surface area contributed by atoms with Crippen molar-refractivity contribution < 1.29 is 13.7 Å². The molecule has 4 nitrogen and oxygen atoms in total. The molecule has 0 bridgehead atoms.